The molecule has 1 saturated carbocycles. The molecule has 6 heteroatoms. The molecule has 236 valence electrons. The second kappa shape index (κ2) is 17.9. The first kappa shape index (κ1) is 36.2. The summed E-state index contributed by atoms with van der Waals surface area (Å²) < 4.78 is 14.2. The summed E-state index contributed by atoms with van der Waals surface area (Å²) in [5, 5.41) is 16.8. The lowest BCUT2D eigenvalue weighted by Crippen LogP contribution is -2.29. The molecule has 0 aromatic heterocycles. The molecule has 0 heterocycles. The molecule has 0 amide bonds. The highest BCUT2D eigenvalue weighted by atomic mass is 35.5. The smallest absolute Gasteiger partial charge is 0.158 e. The van der Waals surface area contributed by atoms with Gasteiger partial charge in [-0.05, 0) is 111 Å². The van der Waals surface area contributed by atoms with Crippen molar-refractivity contribution in [3.63, 3.8) is 0 Å². The topological polar surface area (TPSA) is 70.3 Å². The molecule has 0 radical (unpaired) electrons. The first-order chi connectivity index (χ1) is 20.5. The number of hydrogen-bond donors (Lipinski definition) is 4. The van der Waals surface area contributed by atoms with Gasteiger partial charge in [0.25, 0.3) is 0 Å². The van der Waals surface area contributed by atoms with Crippen LogP contribution in [0, 0.1) is 0 Å². The van der Waals surface area contributed by atoms with Crippen LogP contribution in [0.4, 0.5) is 21.5 Å². The third kappa shape index (κ3) is 10.9. The molecule has 1 aliphatic rings. The molecule has 0 aliphatic heterocycles. The summed E-state index contributed by atoms with van der Waals surface area (Å²) in [7, 11) is 1.89. The van der Waals surface area contributed by atoms with Crippen LogP contribution in [0.15, 0.2) is 72.3 Å². The molecule has 4 rings (SSSR count). The number of aliphatic hydroxyl groups excluding tert-OH is 1. The fraction of sp³-hybridized carbons (Fsp3) is 0.459. The Morgan fingerprint density at radius 2 is 1.72 bits per heavy atom. The molecule has 0 saturated heterocycles. The predicted octanol–water partition coefficient (Wildman–Crippen LogP) is 10.1. The maximum Gasteiger partial charge on any atom is 0.158 e. The zero-order valence-corrected chi connectivity index (χ0v) is 28.0. The Kier molecular flexibility index (Phi) is 15.1. The van der Waals surface area contributed by atoms with Crippen LogP contribution in [0.1, 0.15) is 95.4 Å². The Labute approximate surface area is 264 Å². The van der Waals surface area contributed by atoms with Crippen molar-refractivity contribution in [2.24, 2.45) is 0 Å². The summed E-state index contributed by atoms with van der Waals surface area (Å²) in [5.41, 5.74) is 13.1. The molecular weight excluding hydrogens is 557 g/mol. The molecular formula is C37H53ClFN3O. The highest BCUT2D eigenvalue weighted by molar-refractivity contribution is 6.30. The van der Waals surface area contributed by atoms with Crippen molar-refractivity contribution in [2.45, 2.75) is 97.8 Å². The van der Waals surface area contributed by atoms with E-state index in [0.29, 0.717) is 11.5 Å². The second-order valence-corrected chi connectivity index (χ2v) is 11.7. The van der Waals surface area contributed by atoms with E-state index < -0.39 is 11.8 Å². The van der Waals surface area contributed by atoms with Crippen LogP contribution in [-0.4, -0.2) is 24.8 Å². The number of alkyl halides is 1. The minimum absolute atomic E-state index is 0.517. The first-order valence-electron chi connectivity index (χ1n) is 15.8. The first-order valence-corrected chi connectivity index (χ1v) is 16.2. The Morgan fingerprint density at radius 1 is 1.05 bits per heavy atom. The number of allylic oxidation sites excluding steroid dienone is 2. The van der Waals surface area contributed by atoms with E-state index >= 15 is 0 Å². The van der Waals surface area contributed by atoms with Crippen LogP contribution < -0.4 is 16.4 Å². The number of rotatable bonds is 11. The van der Waals surface area contributed by atoms with E-state index in [4.69, 9.17) is 17.3 Å². The molecule has 3 atom stereocenters. The monoisotopic (exact) mass is 609 g/mol. The summed E-state index contributed by atoms with van der Waals surface area (Å²) >= 11 is 6.16. The van der Waals surface area contributed by atoms with Crippen molar-refractivity contribution in [1.82, 2.24) is 0 Å². The summed E-state index contributed by atoms with van der Waals surface area (Å²) in [5.74, 6) is 0.517. The number of hydrogen-bond acceptors (Lipinski definition) is 4. The number of benzene rings is 3. The lowest BCUT2D eigenvalue weighted by atomic mass is 9.90. The van der Waals surface area contributed by atoms with Gasteiger partial charge in [-0.3, -0.25) is 0 Å². The second-order valence-electron chi connectivity index (χ2n) is 11.2. The van der Waals surface area contributed by atoms with Gasteiger partial charge in [-0.25, -0.2) is 4.39 Å². The Bertz CT molecular complexity index is 1280. The number of aliphatic hydroxyl groups is 1. The van der Waals surface area contributed by atoms with Crippen LogP contribution in [0.5, 0.6) is 0 Å². The van der Waals surface area contributed by atoms with Crippen molar-refractivity contribution >= 4 is 28.7 Å². The molecule has 0 spiro atoms. The predicted molar refractivity (Wildman–Crippen MR) is 186 cm³/mol. The zero-order chi connectivity index (χ0) is 32.0. The molecule has 1 fully saturated rings. The van der Waals surface area contributed by atoms with Crippen LogP contribution in [0.2, 0.25) is 5.02 Å². The third-order valence-electron chi connectivity index (χ3n) is 8.23. The van der Waals surface area contributed by atoms with E-state index in [-0.39, 0.29) is 0 Å². The van der Waals surface area contributed by atoms with Gasteiger partial charge in [0, 0.05) is 24.3 Å². The average Bonchev–Trinajstić information content (AvgIpc) is 2.99. The number of nitrogens with two attached hydrogens (primary N) is 1. The van der Waals surface area contributed by atoms with Gasteiger partial charge in [-0.1, -0.05) is 81.3 Å². The zero-order valence-electron chi connectivity index (χ0n) is 27.2. The van der Waals surface area contributed by atoms with Crippen molar-refractivity contribution < 1.29 is 9.50 Å². The molecule has 43 heavy (non-hydrogen) atoms. The van der Waals surface area contributed by atoms with Gasteiger partial charge < -0.3 is 21.5 Å². The van der Waals surface area contributed by atoms with Gasteiger partial charge in [0.15, 0.2) is 5.67 Å². The Morgan fingerprint density at radius 3 is 2.26 bits per heavy atom. The highest BCUT2D eigenvalue weighted by Gasteiger charge is 2.31. The van der Waals surface area contributed by atoms with E-state index in [1.54, 1.807) is 17.7 Å². The molecule has 4 nitrogen and oxygen atoms in total. The third-order valence-corrected chi connectivity index (χ3v) is 8.46. The van der Waals surface area contributed by atoms with Crippen LogP contribution in [-0.2, 0) is 18.5 Å². The highest BCUT2D eigenvalue weighted by Crippen LogP contribution is 2.30. The van der Waals surface area contributed by atoms with E-state index in [1.165, 1.54) is 49.8 Å². The Balaban J connectivity index is 0.000000291. The van der Waals surface area contributed by atoms with Crippen molar-refractivity contribution in [3.05, 3.63) is 99.6 Å². The van der Waals surface area contributed by atoms with Gasteiger partial charge >= 0.3 is 0 Å². The number of nitrogens with one attached hydrogen (secondary N) is 2. The molecule has 5 N–H and O–H groups in total. The van der Waals surface area contributed by atoms with Crippen LogP contribution >= 0.6 is 11.6 Å². The number of halogens is 2. The van der Waals surface area contributed by atoms with Gasteiger partial charge in [-0.2, -0.15) is 0 Å². The maximum atomic E-state index is 14.2. The summed E-state index contributed by atoms with van der Waals surface area (Å²) in [6, 6.07) is 19.6. The van der Waals surface area contributed by atoms with E-state index in [0.717, 1.165) is 47.9 Å². The summed E-state index contributed by atoms with van der Waals surface area (Å²) in [6.45, 7) is 12.2. The van der Waals surface area contributed by atoms with Crippen LogP contribution in [0.25, 0.3) is 0 Å². The number of nitrogen functional groups attached to an aromatic ring is 1. The van der Waals surface area contributed by atoms with Crippen molar-refractivity contribution in [2.75, 3.05) is 30.0 Å². The molecule has 1 aliphatic carbocycles. The lowest BCUT2D eigenvalue weighted by Gasteiger charge is -2.24. The van der Waals surface area contributed by atoms with E-state index in [1.807, 2.05) is 57.3 Å². The number of anilines is 3. The molecule has 3 aromatic carbocycles. The Hall–Kier alpha value is -3.02. The van der Waals surface area contributed by atoms with Crippen LogP contribution in [0.3, 0.4) is 0 Å². The minimum atomic E-state index is -1.68. The molecule has 3 aromatic rings. The SMILES string of the molecule is CC.CC(O)C(C)(F)c1ccc(CC=C2CCC2)cc1.CCC(C)c1cc(Cl)ccc1CCNc1ccc(NC)cc1N. The fourth-order valence-corrected chi connectivity index (χ4v) is 4.92. The average molecular weight is 610 g/mol. The van der Waals surface area contributed by atoms with Crippen molar-refractivity contribution in [3.8, 4) is 0 Å². The van der Waals surface area contributed by atoms with Gasteiger partial charge in [0.1, 0.15) is 0 Å². The maximum absolute atomic E-state index is 14.2. The largest absolute Gasteiger partial charge is 0.397 e. The van der Waals surface area contributed by atoms with Gasteiger partial charge in [0.2, 0.25) is 0 Å². The standard InChI is InChI=1S/C19H26ClN3.C16H21FO.C2H6/c1-4-13(2)17-11-15(20)6-5-14(17)9-10-23-19-8-7-16(22-3)12-18(19)21;1-12(18)16(2,17)15-10-8-14(9-11-15)7-6-13-4-3-5-13;1-2/h5-8,11-13,22-23H,4,9-10,21H2,1-3H3;6,8-12,18H,3-5,7H2,1-2H3;1-2H3. The summed E-state index contributed by atoms with van der Waals surface area (Å²) in [4.78, 5) is 0. The molecule has 3 unspecified atom stereocenters. The quantitative estimate of drug-likeness (QED) is 0.129. The van der Waals surface area contributed by atoms with E-state index in [9.17, 15) is 9.50 Å². The van der Waals surface area contributed by atoms with Crippen molar-refractivity contribution in [1.29, 1.82) is 0 Å². The van der Waals surface area contributed by atoms with Gasteiger partial charge in [-0.15, -0.1) is 0 Å². The van der Waals surface area contributed by atoms with E-state index in [2.05, 4.69) is 42.7 Å². The van der Waals surface area contributed by atoms with Gasteiger partial charge in [0.05, 0.1) is 17.5 Å². The fourth-order valence-electron chi connectivity index (χ4n) is 4.74. The summed E-state index contributed by atoms with van der Waals surface area (Å²) in [6.07, 6.45) is 8.06. The molecule has 0 bridgehead atoms. The normalized spacial score (nSPS) is 14.9. The minimum Gasteiger partial charge on any atom is -0.397 e. The lowest BCUT2D eigenvalue weighted by molar-refractivity contribution is 0.0135.